The Bertz CT molecular complexity index is 290. The Hall–Kier alpha value is -0.740. The molecule has 0 aromatic rings. The first-order chi connectivity index (χ1) is 9.17. The van der Waals surface area contributed by atoms with Crippen LogP contribution in [0.4, 0.5) is 0 Å². The van der Waals surface area contributed by atoms with Gasteiger partial charge in [0.05, 0.1) is 11.1 Å². The van der Waals surface area contributed by atoms with E-state index in [9.17, 15) is 9.59 Å². The lowest BCUT2D eigenvalue weighted by Gasteiger charge is -2.25. The van der Waals surface area contributed by atoms with Gasteiger partial charge in [-0.15, -0.1) is 0 Å². The van der Waals surface area contributed by atoms with Crippen LogP contribution >= 0.6 is 0 Å². The van der Waals surface area contributed by atoms with Crippen molar-refractivity contribution in [2.45, 2.75) is 78.3 Å². The van der Waals surface area contributed by atoms with Gasteiger partial charge in [-0.25, -0.2) is 0 Å². The Morgan fingerprint density at radius 1 is 0.750 bits per heavy atom. The fraction of sp³-hybridized carbons (Fsp3) is 0.875. The third-order valence-corrected chi connectivity index (χ3v) is 3.77. The lowest BCUT2D eigenvalue weighted by atomic mass is 9.96. The maximum atomic E-state index is 11.7. The zero-order chi connectivity index (χ0) is 15.8. The molecule has 0 unspecified atom stereocenters. The van der Waals surface area contributed by atoms with Crippen LogP contribution < -0.4 is 10.6 Å². The summed E-state index contributed by atoms with van der Waals surface area (Å²) in [7, 11) is 0. The SMILES string of the molecule is CCC(=O)C(C)(C)NCCCCNC(C)(C)C(=O)CC. The fourth-order valence-electron chi connectivity index (χ4n) is 2.13. The molecule has 0 aromatic heterocycles. The molecule has 0 bridgehead atoms. The molecule has 0 saturated heterocycles. The van der Waals surface area contributed by atoms with Gasteiger partial charge in [0, 0.05) is 12.8 Å². The molecular weight excluding hydrogens is 252 g/mol. The molecule has 0 aliphatic rings. The van der Waals surface area contributed by atoms with Crippen LogP contribution in [-0.2, 0) is 9.59 Å². The maximum Gasteiger partial charge on any atom is 0.152 e. The van der Waals surface area contributed by atoms with E-state index >= 15 is 0 Å². The number of carbonyl (C=O) groups excluding carboxylic acids is 2. The van der Waals surface area contributed by atoms with E-state index in [0.717, 1.165) is 25.9 Å². The van der Waals surface area contributed by atoms with Crippen LogP contribution in [0.3, 0.4) is 0 Å². The van der Waals surface area contributed by atoms with E-state index < -0.39 is 11.1 Å². The standard InChI is InChI=1S/C16H32N2O2/c1-7-13(19)15(3,4)17-11-9-10-12-18-16(5,6)14(20)8-2/h17-18H,7-12H2,1-6H3. The van der Waals surface area contributed by atoms with Gasteiger partial charge in [-0.2, -0.15) is 0 Å². The van der Waals surface area contributed by atoms with E-state index in [4.69, 9.17) is 0 Å². The van der Waals surface area contributed by atoms with Gasteiger partial charge >= 0.3 is 0 Å². The summed E-state index contributed by atoms with van der Waals surface area (Å²) >= 11 is 0. The molecule has 0 spiro atoms. The van der Waals surface area contributed by atoms with E-state index in [-0.39, 0.29) is 11.6 Å². The number of ketones is 2. The summed E-state index contributed by atoms with van der Waals surface area (Å²) in [6.45, 7) is 13.1. The summed E-state index contributed by atoms with van der Waals surface area (Å²) in [5.74, 6) is 0.482. The van der Waals surface area contributed by atoms with Gasteiger partial charge in [-0.05, 0) is 53.6 Å². The van der Waals surface area contributed by atoms with Gasteiger partial charge in [0.15, 0.2) is 11.6 Å². The Balaban J connectivity index is 3.84. The van der Waals surface area contributed by atoms with Crippen LogP contribution in [0.1, 0.15) is 67.2 Å². The molecule has 4 heteroatoms. The van der Waals surface area contributed by atoms with Crippen LogP contribution in [0, 0.1) is 0 Å². The zero-order valence-corrected chi connectivity index (χ0v) is 14.1. The minimum atomic E-state index is -0.431. The molecule has 0 atom stereocenters. The Kier molecular flexibility index (Phi) is 8.21. The molecule has 0 aliphatic carbocycles. The molecular formula is C16H32N2O2. The monoisotopic (exact) mass is 284 g/mol. The topological polar surface area (TPSA) is 58.2 Å². The Morgan fingerprint density at radius 3 is 1.30 bits per heavy atom. The van der Waals surface area contributed by atoms with Gasteiger partial charge in [0.25, 0.3) is 0 Å². The highest BCUT2D eigenvalue weighted by Crippen LogP contribution is 2.08. The van der Waals surface area contributed by atoms with Crippen molar-refractivity contribution in [3.63, 3.8) is 0 Å². The second-order valence-electron chi connectivity index (χ2n) is 6.36. The molecule has 2 N–H and O–H groups in total. The predicted octanol–water partition coefficient (Wildman–Crippen LogP) is 2.46. The molecule has 0 rings (SSSR count). The number of hydrogen-bond acceptors (Lipinski definition) is 4. The third-order valence-electron chi connectivity index (χ3n) is 3.77. The van der Waals surface area contributed by atoms with Crippen LogP contribution in [0.2, 0.25) is 0 Å². The first kappa shape index (κ1) is 19.3. The molecule has 4 nitrogen and oxygen atoms in total. The average molecular weight is 284 g/mol. The fourth-order valence-corrected chi connectivity index (χ4v) is 2.13. The molecule has 0 aromatic carbocycles. The van der Waals surface area contributed by atoms with Gasteiger partial charge < -0.3 is 10.6 Å². The number of Topliss-reactive ketones (excluding diaryl/α,β-unsaturated/α-hetero) is 2. The van der Waals surface area contributed by atoms with Crippen molar-refractivity contribution in [2.24, 2.45) is 0 Å². The first-order valence-electron chi connectivity index (χ1n) is 7.74. The van der Waals surface area contributed by atoms with Gasteiger partial charge in [0.1, 0.15) is 0 Å². The minimum Gasteiger partial charge on any atom is -0.305 e. The van der Waals surface area contributed by atoms with Crippen molar-refractivity contribution in [1.82, 2.24) is 10.6 Å². The van der Waals surface area contributed by atoms with E-state index in [1.807, 2.05) is 41.5 Å². The molecule has 0 fully saturated rings. The summed E-state index contributed by atoms with van der Waals surface area (Å²) in [6, 6.07) is 0. The van der Waals surface area contributed by atoms with Crippen LogP contribution in [0.15, 0.2) is 0 Å². The maximum absolute atomic E-state index is 11.7. The van der Waals surface area contributed by atoms with Crippen LogP contribution in [0.5, 0.6) is 0 Å². The van der Waals surface area contributed by atoms with Crippen molar-refractivity contribution in [1.29, 1.82) is 0 Å². The normalized spacial score (nSPS) is 12.5. The average Bonchev–Trinajstić information content (AvgIpc) is 2.40. The highest BCUT2D eigenvalue weighted by molar-refractivity contribution is 5.87. The Labute approximate surface area is 124 Å². The van der Waals surface area contributed by atoms with Crippen molar-refractivity contribution in [3.05, 3.63) is 0 Å². The lowest BCUT2D eigenvalue weighted by molar-refractivity contribution is -0.124. The zero-order valence-electron chi connectivity index (χ0n) is 14.1. The molecule has 20 heavy (non-hydrogen) atoms. The van der Waals surface area contributed by atoms with Gasteiger partial charge in [0.2, 0.25) is 0 Å². The van der Waals surface area contributed by atoms with E-state index in [1.54, 1.807) is 0 Å². The summed E-state index contributed by atoms with van der Waals surface area (Å²) in [5.41, 5.74) is -0.862. The second-order valence-corrected chi connectivity index (χ2v) is 6.36. The van der Waals surface area contributed by atoms with E-state index in [1.165, 1.54) is 0 Å². The van der Waals surface area contributed by atoms with Gasteiger partial charge in [-0.1, -0.05) is 13.8 Å². The highest BCUT2D eigenvalue weighted by atomic mass is 16.1. The van der Waals surface area contributed by atoms with Crippen molar-refractivity contribution in [3.8, 4) is 0 Å². The summed E-state index contributed by atoms with van der Waals surface area (Å²) < 4.78 is 0. The van der Waals surface area contributed by atoms with E-state index in [0.29, 0.717) is 12.8 Å². The highest BCUT2D eigenvalue weighted by Gasteiger charge is 2.25. The van der Waals surface area contributed by atoms with Crippen molar-refractivity contribution < 1.29 is 9.59 Å². The lowest BCUT2D eigenvalue weighted by Crippen LogP contribution is -2.48. The van der Waals surface area contributed by atoms with Crippen molar-refractivity contribution >= 4 is 11.6 Å². The molecule has 0 heterocycles. The molecule has 0 aliphatic heterocycles. The predicted molar refractivity (Wildman–Crippen MR) is 84.0 cm³/mol. The molecule has 118 valence electrons. The van der Waals surface area contributed by atoms with E-state index in [2.05, 4.69) is 10.6 Å². The summed E-state index contributed by atoms with van der Waals surface area (Å²) in [5, 5.41) is 6.59. The quantitative estimate of drug-likeness (QED) is 0.572. The summed E-state index contributed by atoms with van der Waals surface area (Å²) in [6.07, 6.45) is 3.11. The smallest absolute Gasteiger partial charge is 0.152 e. The number of carbonyl (C=O) groups is 2. The molecule has 0 amide bonds. The van der Waals surface area contributed by atoms with Crippen LogP contribution in [0.25, 0.3) is 0 Å². The third kappa shape index (κ3) is 6.62. The molecule has 0 saturated carbocycles. The minimum absolute atomic E-state index is 0.241. The van der Waals surface area contributed by atoms with Crippen LogP contribution in [-0.4, -0.2) is 35.7 Å². The van der Waals surface area contributed by atoms with Gasteiger partial charge in [-0.3, -0.25) is 9.59 Å². The number of unbranched alkanes of at least 4 members (excludes halogenated alkanes) is 1. The Morgan fingerprint density at radius 2 is 1.05 bits per heavy atom. The summed E-state index contributed by atoms with van der Waals surface area (Å²) in [4.78, 5) is 23.4. The first-order valence-corrected chi connectivity index (χ1v) is 7.74. The second kappa shape index (κ2) is 8.53. The van der Waals surface area contributed by atoms with Crippen molar-refractivity contribution in [2.75, 3.05) is 13.1 Å². The largest absolute Gasteiger partial charge is 0.305 e. The number of hydrogen-bond donors (Lipinski definition) is 2. The molecule has 0 radical (unpaired) electrons. The number of nitrogens with one attached hydrogen (secondary N) is 2. The number of rotatable bonds is 11.